The number of likely N-dealkylation sites (N-methyl/N-ethyl adjacent to an activating group) is 1. The molecule has 0 atom stereocenters. The topological polar surface area (TPSA) is 76.7 Å². The Morgan fingerprint density at radius 3 is 2.54 bits per heavy atom. The van der Waals surface area contributed by atoms with E-state index in [-0.39, 0.29) is 25.0 Å². The Kier molecular flexibility index (Phi) is 7.56. The molecule has 2 amide bonds. The highest BCUT2D eigenvalue weighted by atomic mass is 35.5. The molecular formula is C18H18Cl2N2O4. The van der Waals surface area contributed by atoms with E-state index in [1.807, 2.05) is 6.92 Å². The monoisotopic (exact) mass is 396 g/mol. The summed E-state index contributed by atoms with van der Waals surface area (Å²) in [4.78, 5) is 23.4. The van der Waals surface area contributed by atoms with Crippen LogP contribution >= 0.6 is 23.2 Å². The minimum Gasteiger partial charge on any atom is -0.484 e. The van der Waals surface area contributed by atoms with Crippen molar-refractivity contribution < 1.29 is 19.1 Å². The van der Waals surface area contributed by atoms with E-state index in [9.17, 15) is 9.59 Å². The molecule has 2 N–H and O–H groups in total. The summed E-state index contributed by atoms with van der Waals surface area (Å²) in [6.45, 7) is 2.04. The number of hydrogen-bond donors (Lipinski definition) is 2. The first-order chi connectivity index (χ1) is 12.5. The average molecular weight is 397 g/mol. The molecule has 0 aliphatic heterocycles. The highest BCUT2D eigenvalue weighted by Crippen LogP contribution is 2.27. The lowest BCUT2D eigenvalue weighted by Crippen LogP contribution is -2.28. The average Bonchev–Trinajstić information content (AvgIpc) is 2.61. The fraction of sp³-hybridized carbons (Fsp3) is 0.222. The molecule has 2 aromatic rings. The Balaban J connectivity index is 1.87. The lowest BCUT2D eigenvalue weighted by Gasteiger charge is -2.10. The van der Waals surface area contributed by atoms with Crippen LogP contribution in [-0.2, 0) is 9.59 Å². The Labute approximate surface area is 161 Å². The van der Waals surface area contributed by atoms with Gasteiger partial charge in [-0.1, -0.05) is 29.3 Å². The first-order valence-corrected chi connectivity index (χ1v) is 8.60. The molecule has 0 bridgehead atoms. The van der Waals surface area contributed by atoms with Gasteiger partial charge >= 0.3 is 0 Å². The third-order valence-corrected chi connectivity index (χ3v) is 3.66. The van der Waals surface area contributed by atoms with Crippen LogP contribution in [0.1, 0.15) is 6.92 Å². The number of carbonyl (C=O) groups excluding carboxylic acids is 2. The first-order valence-electron chi connectivity index (χ1n) is 7.85. The van der Waals surface area contributed by atoms with E-state index in [0.717, 1.165) is 0 Å². The molecule has 0 aliphatic rings. The van der Waals surface area contributed by atoms with E-state index in [4.69, 9.17) is 32.7 Å². The zero-order chi connectivity index (χ0) is 18.9. The fourth-order valence-electron chi connectivity index (χ4n) is 1.99. The summed E-state index contributed by atoms with van der Waals surface area (Å²) in [5.41, 5.74) is 0.518. The smallest absolute Gasteiger partial charge is 0.262 e. The number of rotatable bonds is 8. The van der Waals surface area contributed by atoms with Crippen molar-refractivity contribution in [3.63, 3.8) is 0 Å². The number of amides is 2. The number of ether oxygens (including phenoxy) is 2. The van der Waals surface area contributed by atoms with Crippen LogP contribution in [0.2, 0.25) is 10.0 Å². The molecular weight excluding hydrogens is 379 g/mol. The van der Waals surface area contributed by atoms with E-state index in [0.29, 0.717) is 33.8 Å². The summed E-state index contributed by atoms with van der Waals surface area (Å²) in [6.07, 6.45) is 0. The minimum absolute atomic E-state index is 0.0956. The van der Waals surface area contributed by atoms with E-state index >= 15 is 0 Å². The third kappa shape index (κ3) is 6.46. The zero-order valence-electron chi connectivity index (χ0n) is 14.1. The molecule has 0 spiro atoms. The lowest BCUT2D eigenvalue weighted by atomic mass is 10.3. The van der Waals surface area contributed by atoms with Gasteiger partial charge in [-0.05, 0) is 31.2 Å². The van der Waals surface area contributed by atoms with Gasteiger partial charge in [0.1, 0.15) is 11.5 Å². The van der Waals surface area contributed by atoms with Gasteiger partial charge in [-0.15, -0.1) is 0 Å². The van der Waals surface area contributed by atoms with Gasteiger partial charge < -0.3 is 20.1 Å². The van der Waals surface area contributed by atoms with Gasteiger partial charge in [0, 0.05) is 29.4 Å². The molecule has 0 heterocycles. The van der Waals surface area contributed by atoms with Crippen molar-refractivity contribution in [2.75, 3.05) is 25.1 Å². The van der Waals surface area contributed by atoms with Gasteiger partial charge in [-0.25, -0.2) is 0 Å². The van der Waals surface area contributed by atoms with Gasteiger partial charge in [0.05, 0.1) is 5.02 Å². The maximum atomic E-state index is 12.0. The van der Waals surface area contributed by atoms with Crippen LogP contribution in [0.15, 0.2) is 42.5 Å². The predicted octanol–water partition coefficient (Wildman–Crippen LogP) is 3.53. The molecule has 0 aliphatic carbocycles. The van der Waals surface area contributed by atoms with Gasteiger partial charge in [-0.2, -0.15) is 0 Å². The number of benzene rings is 2. The standard InChI is InChI=1S/C18H18Cl2N2O4/c1-2-21-17(23)10-25-14-5-3-4-13(9-14)22-18(24)11-26-16-8-12(19)6-7-15(16)20/h3-9H,2,10-11H2,1H3,(H,21,23)(H,22,24). The zero-order valence-corrected chi connectivity index (χ0v) is 15.6. The lowest BCUT2D eigenvalue weighted by molar-refractivity contribution is -0.123. The molecule has 0 unspecified atom stereocenters. The summed E-state index contributed by atoms with van der Waals surface area (Å²) < 4.78 is 10.7. The van der Waals surface area contributed by atoms with Crippen molar-refractivity contribution in [1.82, 2.24) is 5.32 Å². The molecule has 2 rings (SSSR count). The van der Waals surface area contributed by atoms with E-state index in [1.165, 1.54) is 6.07 Å². The van der Waals surface area contributed by atoms with Crippen molar-refractivity contribution >= 4 is 40.7 Å². The van der Waals surface area contributed by atoms with Crippen molar-refractivity contribution in [2.45, 2.75) is 6.92 Å². The molecule has 6 nitrogen and oxygen atoms in total. The molecule has 26 heavy (non-hydrogen) atoms. The summed E-state index contributed by atoms with van der Waals surface area (Å²) in [6, 6.07) is 11.5. The summed E-state index contributed by atoms with van der Waals surface area (Å²) in [5.74, 6) is 0.205. The molecule has 138 valence electrons. The summed E-state index contributed by atoms with van der Waals surface area (Å²) in [5, 5.41) is 6.14. The van der Waals surface area contributed by atoms with Gasteiger partial charge in [0.15, 0.2) is 13.2 Å². The molecule has 0 aromatic heterocycles. The molecule has 0 saturated carbocycles. The Morgan fingerprint density at radius 2 is 1.77 bits per heavy atom. The van der Waals surface area contributed by atoms with Gasteiger partial charge in [0.2, 0.25) is 0 Å². The van der Waals surface area contributed by atoms with E-state index < -0.39 is 0 Å². The Hall–Kier alpha value is -2.44. The van der Waals surface area contributed by atoms with Crippen LogP contribution in [0, 0.1) is 0 Å². The number of anilines is 1. The van der Waals surface area contributed by atoms with Crippen LogP contribution in [0.5, 0.6) is 11.5 Å². The summed E-state index contributed by atoms with van der Waals surface area (Å²) in [7, 11) is 0. The van der Waals surface area contributed by atoms with Crippen molar-refractivity contribution in [1.29, 1.82) is 0 Å². The molecule has 2 aromatic carbocycles. The minimum atomic E-state index is -0.373. The second-order valence-electron chi connectivity index (χ2n) is 5.18. The third-order valence-electron chi connectivity index (χ3n) is 3.11. The van der Waals surface area contributed by atoms with Gasteiger partial charge in [0.25, 0.3) is 11.8 Å². The number of carbonyl (C=O) groups is 2. The Bertz CT molecular complexity index is 784. The normalized spacial score (nSPS) is 10.1. The second-order valence-corrected chi connectivity index (χ2v) is 6.03. The van der Waals surface area contributed by atoms with Gasteiger partial charge in [-0.3, -0.25) is 9.59 Å². The molecule has 0 radical (unpaired) electrons. The fourth-order valence-corrected chi connectivity index (χ4v) is 2.32. The Morgan fingerprint density at radius 1 is 1.00 bits per heavy atom. The van der Waals surface area contributed by atoms with Crippen LogP contribution in [0.4, 0.5) is 5.69 Å². The van der Waals surface area contributed by atoms with Crippen LogP contribution in [-0.4, -0.2) is 31.6 Å². The molecule has 8 heteroatoms. The number of halogens is 2. The van der Waals surface area contributed by atoms with Crippen LogP contribution in [0.3, 0.4) is 0 Å². The van der Waals surface area contributed by atoms with Crippen molar-refractivity contribution in [3.05, 3.63) is 52.5 Å². The number of nitrogens with one attached hydrogen (secondary N) is 2. The first kappa shape index (κ1) is 19.9. The predicted molar refractivity (Wildman–Crippen MR) is 101 cm³/mol. The van der Waals surface area contributed by atoms with E-state index in [2.05, 4.69) is 10.6 Å². The molecule has 0 saturated heterocycles. The number of hydrogen-bond acceptors (Lipinski definition) is 4. The van der Waals surface area contributed by atoms with E-state index in [1.54, 1.807) is 36.4 Å². The van der Waals surface area contributed by atoms with Crippen LogP contribution < -0.4 is 20.1 Å². The maximum absolute atomic E-state index is 12.0. The summed E-state index contributed by atoms with van der Waals surface area (Å²) >= 11 is 11.8. The van der Waals surface area contributed by atoms with Crippen molar-refractivity contribution in [2.24, 2.45) is 0 Å². The quantitative estimate of drug-likeness (QED) is 0.715. The maximum Gasteiger partial charge on any atom is 0.262 e. The largest absolute Gasteiger partial charge is 0.484 e. The van der Waals surface area contributed by atoms with Crippen molar-refractivity contribution in [3.8, 4) is 11.5 Å². The SMILES string of the molecule is CCNC(=O)COc1cccc(NC(=O)COc2cc(Cl)ccc2Cl)c1. The highest BCUT2D eigenvalue weighted by molar-refractivity contribution is 6.34. The second kappa shape index (κ2) is 9.89. The molecule has 0 fully saturated rings. The van der Waals surface area contributed by atoms with Crippen LogP contribution in [0.25, 0.3) is 0 Å². The highest BCUT2D eigenvalue weighted by Gasteiger charge is 2.08.